The number of likely N-dealkylation sites (tertiary alicyclic amines) is 1. The molecule has 2 fully saturated rings. The third-order valence-corrected chi connectivity index (χ3v) is 4.90. The molecule has 0 bridgehead atoms. The zero-order valence-corrected chi connectivity index (χ0v) is 17.3. The van der Waals surface area contributed by atoms with E-state index in [-0.39, 0.29) is 35.3 Å². The van der Waals surface area contributed by atoms with Crippen molar-refractivity contribution in [3.63, 3.8) is 0 Å². The summed E-state index contributed by atoms with van der Waals surface area (Å²) in [7, 11) is 0. The number of halogens is 1. The summed E-state index contributed by atoms with van der Waals surface area (Å²) in [5, 5.41) is 14.5. The molecule has 1 atom stereocenters. The van der Waals surface area contributed by atoms with E-state index >= 15 is 0 Å². The molecule has 2 saturated heterocycles. The SMILES string of the molecule is CCNC(=NCc1nncn1CC)N1CCCC2(CNC(=O)C2)C1.I. The predicted molar refractivity (Wildman–Crippen MR) is 107 cm³/mol. The van der Waals surface area contributed by atoms with Crippen molar-refractivity contribution in [2.75, 3.05) is 26.2 Å². The quantitative estimate of drug-likeness (QED) is 0.397. The second kappa shape index (κ2) is 8.81. The van der Waals surface area contributed by atoms with Gasteiger partial charge in [-0.1, -0.05) is 0 Å². The van der Waals surface area contributed by atoms with E-state index in [0.717, 1.165) is 57.3 Å². The van der Waals surface area contributed by atoms with Crippen LogP contribution in [0.25, 0.3) is 0 Å². The summed E-state index contributed by atoms with van der Waals surface area (Å²) in [4.78, 5) is 18.7. The number of piperidine rings is 1. The Bertz CT molecular complexity index is 617. The summed E-state index contributed by atoms with van der Waals surface area (Å²) in [6.45, 7) is 8.95. The van der Waals surface area contributed by atoms with E-state index in [4.69, 9.17) is 4.99 Å². The van der Waals surface area contributed by atoms with Crippen molar-refractivity contribution in [1.29, 1.82) is 0 Å². The average molecular weight is 461 g/mol. The number of nitrogens with one attached hydrogen (secondary N) is 2. The molecule has 2 N–H and O–H groups in total. The standard InChI is InChI=1S/C16H27N7O.HI/c1-3-17-15(18-9-13-21-20-12-22(13)4-2)23-7-5-6-16(11-23)8-14(24)19-10-16;/h12H,3-11H2,1-2H3,(H,17,18)(H,19,24);1H. The molecule has 3 heterocycles. The maximum absolute atomic E-state index is 11.7. The van der Waals surface area contributed by atoms with Crippen LogP contribution in [-0.2, 0) is 17.9 Å². The topological polar surface area (TPSA) is 87.4 Å². The van der Waals surface area contributed by atoms with Gasteiger partial charge >= 0.3 is 0 Å². The van der Waals surface area contributed by atoms with Gasteiger partial charge in [0.25, 0.3) is 0 Å². The summed E-state index contributed by atoms with van der Waals surface area (Å²) >= 11 is 0. The molecule has 2 aliphatic rings. The van der Waals surface area contributed by atoms with Crippen LogP contribution in [0.3, 0.4) is 0 Å². The fraction of sp³-hybridized carbons (Fsp3) is 0.750. The molecule has 0 saturated carbocycles. The van der Waals surface area contributed by atoms with Crippen molar-refractivity contribution in [3.05, 3.63) is 12.2 Å². The number of amides is 1. The van der Waals surface area contributed by atoms with Gasteiger partial charge in [-0.25, -0.2) is 4.99 Å². The normalized spacial score (nSPS) is 23.5. The number of carbonyl (C=O) groups is 1. The average Bonchev–Trinajstić information content (AvgIpc) is 3.18. The predicted octanol–water partition coefficient (Wildman–Crippen LogP) is 0.984. The van der Waals surface area contributed by atoms with E-state index in [0.29, 0.717) is 13.0 Å². The maximum atomic E-state index is 11.7. The van der Waals surface area contributed by atoms with Crippen molar-refractivity contribution >= 4 is 35.8 Å². The highest BCUT2D eigenvalue weighted by atomic mass is 127. The van der Waals surface area contributed by atoms with Gasteiger partial charge in [0.15, 0.2) is 11.8 Å². The number of rotatable bonds is 4. The molecule has 0 aliphatic carbocycles. The first-order valence-corrected chi connectivity index (χ1v) is 8.82. The molecule has 1 spiro atoms. The molecule has 0 aromatic carbocycles. The van der Waals surface area contributed by atoms with Crippen LogP contribution in [0, 0.1) is 5.41 Å². The first kappa shape index (κ1) is 19.9. The van der Waals surface area contributed by atoms with Crippen LogP contribution in [-0.4, -0.2) is 57.7 Å². The number of hydrogen-bond acceptors (Lipinski definition) is 4. The van der Waals surface area contributed by atoms with Crippen molar-refractivity contribution in [2.45, 2.75) is 46.2 Å². The number of aryl methyl sites for hydroxylation is 1. The minimum atomic E-state index is 0. The Morgan fingerprint density at radius 2 is 2.32 bits per heavy atom. The second-order valence-electron chi connectivity index (χ2n) is 6.68. The van der Waals surface area contributed by atoms with Gasteiger partial charge in [-0.05, 0) is 26.7 Å². The lowest BCUT2D eigenvalue weighted by Gasteiger charge is -2.40. The van der Waals surface area contributed by atoms with Gasteiger partial charge in [-0.3, -0.25) is 4.79 Å². The van der Waals surface area contributed by atoms with Crippen molar-refractivity contribution in [1.82, 2.24) is 30.3 Å². The van der Waals surface area contributed by atoms with E-state index in [1.54, 1.807) is 6.33 Å². The van der Waals surface area contributed by atoms with Crippen LogP contribution < -0.4 is 10.6 Å². The van der Waals surface area contributed by atoms with Crippen molar-refractivity contribution in [3.8, 4) is 0 Å². The highest BCUT2D eigenvalue weighted by molar-refractivity contribution is 14.0. The first-order chi connectivity index (χ1) is 11.7. The summed E-state index contributed by atoms with van der Waals surface area (Å²) in [6, 6.07) is 0. The number of aromatic nitrogens is 3. The third kappa shape index (κ3) is 4.62. The molecule has 1 amide bonds. The van der Waals surface area contributed by atoms with Crippen LogP contribution >= 0.6 is 24.0 Å². The molecule has 1 unspecified atom stereocenters. The third-order valence-electron chi connectivity index (χ3n) is 4.90. The minimum Gasteiger partial charge on any atom is -0.357 e. The fourth-order valence-corrected chi connectivity index (χ4v) is 3.67. The first-order valence-electron chi connectivity index (χ1n) is 8.82. The zero-order valence-electron chi connectivity index (χ0n) is 15.0. The molecular weight excluding hydrogens is 433 g/mol. The van der Waals surface area contributed by atoms with Gasteiger partial charge < -0.3 is 20.1 Å². The van der Waals surface area contributed by atoms with Crippen LogP contribution in [0.15, 0.2) is 11.3 Å². The summed E-state index contributed by atoms with van der Waals surface area (Å²) < 4.78 is 2.00. The molecule has 8 nitrogen and oxygen atoms in total. The van der Waals surface area contributed by atoms with Crippen LogP contribution in [0.4, 0.5) is 0 Å². The lowest BCUT2D eigenvalue weighted by atomic mass is 9.79. The summed E-state index contributed by atoms with van der Waals surface area (Å²) in [5.74, 6) is 1.95. The van der Waals surface area contributed by atoms with Gasteiger partial charge in [-0.2, -0.15) is 0 Å². The summed E-state index contributed by atoms with van der Waals surface area (Å²) in [6.07, 6.45) is 4.56. The Morgan fingerprint density at radius 3 is 3.00 bits per heavy atom. The summed E-state index contributed by atoms with van der Waals surface area (Å²) in [5.41, 5.74) is 0.0645. The number of hydrogen-bond donors (Lipinski definition) is 2. The van der Waals surface area contributed by atoms with Gasteiger partial charge in [0.2, 0.25) is 5.91 Å². The van der Waals surface area contributed by atoms with E-state index < -0.39 is 0 Å². The molecule has 1 aromatic heterocycles. The Labute approximate surface area is 165 Å². The van der Waals surface area contributed by atoms with Gasteiger partial charge in [0.05, 0.1) is 0 Å². The lowest BCUT2D eigenvalue weighted by molar-refractivity contribution is -0.119. The fourth-order valence-electron chi connectivity index (χ4n) is 3.67. The monoisotopic (exact) mass is 461 g/mol. The van der Waals surface area contributed by atoms with E-state index in [1.165, 1.54) is 0 Å². The molecule has 2 aliphatic heterocycles. The lowest BCUT2D eigenvalue weighted by Crippen LogP contribution is -2.51. The second-order valence-corrected chi connectivity index (χ2v) is 6.68. The Kier molecular flexibility index (Phi) is 7.03. The van der Waals surface area contributed by atoms with Crippen molar-refractivity contribution < 1.29 is 4.79 Å². The van der Waals surface area contributed by atoms with Crippen LogP contribution in [0.2, 0.25) is 0 Å². The maximum Gasteiger partial charge on any atom is 0.220 e. The molecular formula is C16H28IN7O. The zero-order chi connectivity index (χ0) is 17.0. The molecule has 1 aromatic rings. The molecule has 25 heavy (non-hydrogen) atoms. The smallest absolute Gasteiger partial charge is 0.220 e. The van der Waals surface area contributed by atoms with Gasteiger partial charge in [0, 0.05) is 44.6 Å². The highest BCUT2D eigenvalue weighted by Crippen LogP contribution is 2.36. The van der Waals surface area contributed by atoms with E-state index in [1.807, 2.05) is 4.57 Å². The number of guanidine groups is 1. The Balaban J connectivity index is 0.00000225. The number of aliphatic imine (C=N–C) groups is 1. The largest absolute Gasteiger partial charge is 0.357 e. The van der Waals surface area contributed by atoms with Gasteiger partial charge in [0.1, 0.15) is 12.9 Å². The minimum absolute atomic E-state index is 0. The van der Waals surface area contributed by atoms with Crippen LogP contribution in [0.1, 0.15) is 38.9 Å². The molecule has 3 rings (SSSR count). The molecule has 0 radical (unpaired) electrons. The molecule has 9 heteroatoms. The van der Waals surface area contributed by atoms with E-state index in [2.05, 4.69) is 39.6 Å². The Morgan fingerprint density at radius 1 is 1.48 bits per heavy atom. The molecule has 140 valence electrons. The highest BCUT2D eigenvalue weighted by Gasteiger charge is 2.42. The van der Waals surface area contributed by atoms with Crippen molar-refractivity contribution in [2.24, 2.45) is 10.4 Å². The Hall–Kier alpha value is -1.39. The number of nitrogens with zero attached hydrogens (tertiary/aromatic N) is 5. The number of carbonyl (C=O) groups excluding carboxylic acids is 1. The van der Waals surface area contributed by atoms with Gasteiger partial charge in [-0.15, -0.1) is 34.2 Å². The van der Waals surface area contributed by atoms with Crippen LogP contribution in [0.5, 0.6) is 0 Å². The van der Waals surface area contributed by atoms with E-state index in [9.17, 15) is 4.79 Å².